The van der Waals surface area contributed by atoms with Crippen molar-refractivity contribution in [2.75, 3.05) is 19.3 Å². The lowest BCUT2D eigenvalue weighted by Crippen LogP contribution is -2.37. The molecule has 1 aliphatic rings. The van der Waals surface area contributed by atoms with E-state index in [1.807, 2.05) is 12.3 Å². The molecule has 5 nitrogen and oxygen atoms in total. The summed E-state index contributed by atoms with van der Waals surface area (Å²) in [4.78, 5) is 39.5. The zero-order valence-electron chi connectivity index (χ0n) is 15.3. The summed E-state index contributed by atoms with van der Waals surface area (Å²) in [6.45, 7) is 0.207. The van der Waals surface area contributed by atoms with Gasteiger partial charge in [-0.25, -0.2) is 0 Å². The smallest absolute Gasteiger partial charge is 0.293 e. The number of rotatable bonds is 6. The summed E-state index contributed by atoms with van der Waals surface area (Å²) in [5.41, 5.74) is 1.13. The maximum atomic E-state index is 12.5. The molecule has 3 rings (SSSR count). The molecular weight excluding hydrogens is 451 g/mol. The molecule has 0 radical (unpaired) electrons. The van der Waals surface area contributed by atoms with Gasteiger partial charge in [-0.2, -0.15) is 0 Å². The Morgan fingerprint density at radius 3 is 2.59 bits per heavy atom. The minimum absolute atomic E-state index is 0.0776. The number of imide groups is 1. The highest BCUT2D eigenvalue weighted by atomic mass is 35.5. The van der Waals surface area contributed by atoms with Crippen LogP contribution in [-0.4, -0.2) is 41.3 Å². The highest BCUT2D eigenvalue weighted by molar-refractivity contribution is 8.18. The molecule has 1 aliphatic heterocycles. The molecule has 0 spiro atoms. The molecule has 2 aromatic carbocycles. The molecule has 1 saturated heterocycles. The van der Waals surface area contributed by atoms with E-state index < -0.39 is 0 Å². The van der Waals surface area contributed by atoms with Crippen LogP contribution in [0.4, 0.5) is 4.79 Å². The van der Waals surface area contributed by atoms with E-state index in [-0.39, 0.29) is 30.1 Å². The van der Waals surface area contributed by atoms with Gasteiger partial charge in [0.1, 0.15) is 0 Å². The molecule has 0 aliphatic carbocycles. The van der Waals surface area contributed by atoms with Crippen molar-refractivity contribution in [1.29, 1.82) is 0 Å². The van der Waals surface area contributed by atoms with Crippen LogP contribution >= 0.6 is 46.7 Å². The van der Waals surface area contributed by atoms with Crippen molar-refractivity contribution in [2.45, 2.75) is 4.90 Å². The second-order valence-electron chi connectivity index (χ2n) is 5.99. The molecule has 1 heterocycles. The second-order valence-corrected chi connectivity index (χ2v) is 8.70. The number of carbonyl (C=O) groups excluding carboxylic acids is 3. The van der Waals surface area contributed by atoms with Crippen LogP contribution in [0, 0.1) is 0 Å². The Labute approximate surface area is 186 Å². The van der Waals surface area contributed by atoms with Crippen LogP contribution in [0.1, 0.15) is 15.9 Å². The minimum atomic E-state index is -0.383. The number of thioether (sulfide) groups is 2. The lowest BCUT2D eigenvalue weighted by molar-refractivity contribution is -0.122. The zero-order valence-corrected chi connectivity index (χ0v) is 18.4. The SMILES string of the molecule is CSc1ccc(Cl)c(C(=O)NCCN2C(=O)S/C(=C\c3ccc(Cl)cc3)C2=O)c1. The summed E-state index contributed by atoms with van der Waals surface area (Å²) in [6.07, 6.45) is 3.55. The number of halogens is 2. The molecule has 2 aromatic rings. The van der Waals surface area contributed by atoms with Gasteiger partial charge in [0.25, 0.3) is 17.1 Å². The van der Waals surface area contributed by atoms with E-state index in [9.17, 15) is 14.4 Å². The molecule has 3 amide bonds. The molecule has 0 saturated carbocycles. The number of nitrogens with one attached hydrogen (secondary N) is 1. The molecule has 1 fully saturated rings. The fourth-order valence-electron chi connectivity index (χ4n) is 2.58. The average molecular weight is 467 g/mol. The predicted molar refractivity (Wildman–Crippen MR) is 120 cm³/mol. The lowest BCUT2D eigenvalue weighted by atomic mass is 10.2. The van der Waals surface area contributed by atoms with Crippen LogP contribution in [0.25, 0.3) is 6.08 Å². The Morgan fingerprint density at radius 2 is 1.90 bits per heavy atom. The summed E-state index contributed by atoms with van der Waals surface area (Å²) in [5, 5.41) is 3.28. The van der Waals surface area contributed by atoms with Crippen molar-refractivity contribution >= 4 is 69.9 Å². The number of hydrogen-bond donors (Lipinski definition) is 1. The number of carbonyl (C=O) groups is 3. The van der Waals surface area contributed by atoms with E-state index in [0.29, 0.717) is 20.5 Å². The first-order chi connectivity index (χ1) is 13.9. The van der Waals surface area contributed by atoms with Crippen molar-refractivity contribution in [3.8, 4) is 0 Å². The van der Waals surface area contributed by atoms with E-state index in [1.165, 1.54) is 11.8 Å². The van der Waals surface area contributed by atoms with Gasteiger partial charge >= 0.3 is 0 Å². The normalized spacial score (nSPS) is 15.3. The van der Waals surface area contributed by atoms with Gasteiger partial charge in [-0.3, -0.25) is 19.3 Å². The molecule has 9 heteroatoms. The summed E-state index contributed by atoms with van der Waals surface area (Å²) >= 11 is 14.3. The van der Waals surface area contributed by atoms with E-state index in [0.717, 1.165) is 27.1 Å². The van der Waals surface area contributed by atoms with Crippen LogP contribution in [0.5, 0.6) is 0 Å². The highest BCUT2D eigenvalue weighted by Gasteiger charge is 2.34. The number of hydrogen-bond acceptors (Lipinski definition) is 5. The Morgan fingerprint density at radius 1 is 1.17 bits per heavy atom. The largest absolute Gasteiger partial charge is 0.350 e. The van der Waals surface area contributed by atoms with Crippen molar-refractivity contribution in [1.82, 2.24) is 10.2 Å². The van der Waals surface area contributed by atoms with Gasteiger partial charge in [-0.1, -0.05) is 35.3 Å². The number of amides is 3. The third-order valence-corrected chi connectivity index (χ3v) is 6.29. The Bertz CT molecular complexity index is 994. The Kier molecular flexibility index (Phi) is 7.29. The molecule has 150 valence electrons. The second kappa shape index (κ2) is 9.71. The van der Waals surface area contributed by atoms with Crippen molar-refractivity contribution in [3.05, 3.63) is 68.5 Å². The first kappa shape index (κ1) is 21.8. The van der Waals surface area contributed by atoms with Crippen molar-refractivity contribution < 1.29 is 14.4 Å². The predicted octanol–water partition coefficient (Wildman–Crippen LogP) is 5.18. The highest BCUT2D eigenvalue weighted by Crippen LogP contribution is 2.32. The molecule has 1 N–H and O–H groups in total. The van der Waals surface area contributed by atoms with E-state index in [1.54, 1.807) is 42.5 Å². The standard InChI is InChI=1S/C20H16Cl2N2O3S2/c1-28-14-6-7-16(22)15(11-14)18(25)23-8-9-24-19(26)17(29-20(24)27)10-12-2-4-13(21)5-3-12/h2-7,10-11H,8-9H2,1H3,(H,23,25)/b17-10-. The van der Waals surface area contributed by atoms with Gasteiger partial charge < -0.3 is 5.32 Å². The van der Waals surface area contributed by atoms with Gasteiger partial charge in [0.2, 0.25) is 0 Å². The van der Waals surface area contributed by atoms with Gasteiger partial charge in [0, 0.05) is 23.0 Å². The lowest BCUT2D eigenvalue weighted by Gasteiger charge is -2.13. The summed E-state index contributed by atoms with van der Waals surface area (Å²) < 4.78 is 0. The number of benzene rings is 2. The van der Waals surface area contributed by atoms with Crippen molar-refractivity contribution in [2.24, 2.45) is 0 Å². The van der Waals surface area contributed by atoms with E-state index in [2.05, 4.69) is 5.32 Å². The summed E-state index contributed by atoms with van der Waals surface area (Å²) in [6, 6.07) is 12.2. The van der Waals surface area contributed by atoms with Gasteiger partial charge in [0.15, 0.2) is 0 Å². The first-order valence-corrected chi connectivity index (χ1v) is 11.3. The quantitative estimate of drug-likeness (QED) is 0.469. The minimum Gasteiger partial charge on any atom is -0.350 e. The molecule has 0 bridgehead atoms. The molecule has 0 atom stereocenters. The first-order valence-electron chi connectivity index (χ1n) is 8.51. The third kappa shape index (κ3) is 5.36. The van der Waals surface area contributed by atoms with Crippen LogP contribution in [0.2, 0.25) is 10.0 Å². The van der Waals surface area contributed by atoms with Crippen molar-refractivity contribution in [3.63, 3.8) is 0 Å². The van der Waals surface area contributed by atoms with E-state index >= 15 is 0 Å². The summed E-state index contributed by atoms with van der Waals surface area (Å²) in [7, 11) is 0. The number of nitrogens with zero attached hydrogens (tertiary/aromatic N) is 1. The average Bonchev–Trinajstić information content (AvgIpc) is 2.97. The fraction of sp³-hybridized carbons (Fsp3) is 0.150. The molecule has 0 unspecified atom stereocenters. The summed E-state index contributed by atoms with van der Waals surface area (Å²) in [5.74, 6) is -0.735. The maximum absolute atomic E-state index is 12.5. The maximum Gasteiger partial charge on any atom is 0.293 e. The monoisotopic (exact) mass is 466 g/mol. The Balaban J connectivity index is 1.61. The van der Waals surface area contributed by atoms with Gasteiger partial charge in [-0.15, -0.1) is 11.8 Å². The fourth-order valence-corrected chi connectivity index (χ4v) is 4.22. The molecule has 0 aromatic heterocycles. The molecular formula is C20H16Cl2N2O3S2. The van der Waals surface area contributed by atoms with Crippen LogP contribution in [0.15, 0.2) is 52.3 Å². The van der Waals surface area contributed by atoms with Gasteiger partial charge in [-0.05, 0) is 60.0 Å². The zero-order chi connectivity index (χ0) is 21.0. The van der Waals surface area contributed by atoms with Gasteiger partial charge in [0.05, 0.1) is 15.5 Å². The molecule has 29 heavy (non-hydrogen) atoms. The third-order valence-electron chi connectivity index (χ3n) is 4.08. The van der Waals surface area contributed by atoms with E-state index in [4.69, 9.17) is 23.2 Å². The Hall–Kier alpha value is -1.93. The van der Waals surface area contributed by atoms with Crippen LogP contribution < -0.4 is 5.32 Å². The topological polar surface area (TPSA) is 66.5 Å². The van der Waals surface area contributed by atoms with Crippen LogP contribution in [-0.2, 0) is 4.79 Å². The van der Waals surface area contributed by atoms with Crippen LogP contribution in [0.3, 0.4) is 0 Å².